The van der Waals surface area contributed by atoms with Gasteiger partial charge in [0, 0.05) is 30.4 Å². The van der Waals surface area contributed by atoms with Crippen LogP contribution in [0.25, 0.3) is 0 Å². The fourth-order valence-corrected chi connectivity index (χ4v) is 2.81. The quantitative estimate of drug-likeness (QED) is 0.939. The topological polar surface area (TPSA) is 43.8 Å². The van der Waals surface area contributed by atoms with Crippen LogP contribution in [0, 0.1) is 0 Å². The van der Waals surface area contributed by atoms with E-state index in [2.05, 4.69) is 4.98 Å². The smallest absolute Gasteiger partial charge is 0.329 e. The van der Waals surface area contributed by atoms with E-state index in [9.17, 15) is 13.2 Å². The van der Waals surface area contributed by atoms with Gasteiger partial charge in [-0.15, -0.1) is 0 Å². The largest absolute Gasteiger partial charge is 0.416 e. The second kappa shape index (κ2) is 6.11. The molecule has 0 radical (unpaired) electrons. The van der Waals surface area contributed by atoms with Crippen LogP contribution in [-0.2, 0) is 19.6 Å². The molecule has 21 heavy (non-hydrogen) atoms. The van der Waals surface area contributed by atoms with Gasteiger partial charge in [-0.25, -0.2) is 4.98 Å². The lowest BCUT2D eigenvalue weighted by Crippen LogP contribution is -2.20. The van der Waals surface area contributed by atoms with Crippen LogP contribution in [-0.4, -0.2) is 15.6 Å². The van der Waals surface area contributed by atoms with Crippen molar-refractivity contribution in [1.82, 2.24) is 9.55 Å². The Hall–Kier alpha value is -1.47. The molecule has 0 aliphatic heterocycles. The number of rotatable bonds is 4. The fourth-order valence-electron chi connectivity index (χ4n) is 1.96. The Bertz CT molecular complexity index is 620. The molecule has 0 saturated carbocycles. The summed E-state index contributed by atoms with van der Waals surface area (Å²) in [4.78, 5) is 4.60. The summed E-state index contributed by atoms with van der Waals surface area (Å²) in [5, 5.41) is 0.642. The number of hydrogen-bond donors (Lipinski definition) is 1. The van der Waals surface area contributed by atoms with Crippen molar-refractivity contribution < 1.29 is 13.2 Å². The van der Waals surface area contributed by atoms with Gasteiger partial charge >= 0.3 is 6.18 Å². The molecule has 1 aromatic carbocycles. The van der Waals surface area contributed by atoms with Crippen molar-refractivity contribution in [3.8, 4) is 0 Å². The van der Waals surface area contributed by atoms with Crippen molar-refractivity contribution in [3.63, 3.8) is 0 Å². The van der Waals surface area contributed by atoms with E-state index in [0.29, 0.717) is 10.1 Å². The normalized spacial score (nSPS) is 13.4. The van der Waals surface area contributed by atoms with Gasteiger partial charge in [0.2, 0.25) is 0 Å². The molecule has 0 aliphatic carbocycles. The molecule has 3 nitrogen and oxygen atoms in total. The molecule has 0 fully saturated rings. The number of alkyl halides is 3. The molecule has 0 spiro atoms. The number of imidazole rings is 1. The summed E-state index contributed by atoms with van der Waals surface area (Å²) >= 11 is 1.20. The van der Waals surface area contributed by atoms with E-state index < -0.39 is 11.7 Å². The Morgan fingerprint density at radius 2 is 2.10 bits per heavy atom. The van der Waals surface area contributed by atoms with E-state index in [4.69, 9.17) is 5.73 Å². The number of hydrogen-bond acceptors (Lipinski definition) is 3. The van der Waals surface area contributed by atoms with Crippen molar-refractivity contribution in [3.05, 3.63) is 41.7 Å². The Morgan fingerprint density at radius 1 is 1.38 bits per heavy atom. The van der Waals surface area contributed by atoms with Gasteiger partial charge < -0.3 is 10.3 Å². The van der Waals surface area contributed by atoms with Crippen molar-refractivity contribution in [2.45, 2.75) is 35.6 Å². The van der Waals surface area contributed by atoms with Crippen LogP contribution in [0.15, 0.2) is 40.6 Å². The molecule has 1 heterocycles. The highest BCUT2D eigenvalue weighted by Crippen LogP contribution is 2.36. The minimum Gasteiger partial charge on any atom is -0.329 e. The predicted octanol–water partition coefficient (Wildman–Crippen LogP) is 3.48. The number of nitrogens with two attached hydrogens (primary N) is 1. The number of halogens is 3. The minimum atomic E-state index is -4.39. The SMILES string of the molecule is CC(N)Cc1ccc(Sc2nccn2C)cc1C(F)(F)F. The van der Waals surface area contributed by atoms with Crippen LogP contribution in [0.5, 0.6) is 0 Å². The first-order chi connectivity index (χ1) is 9.77. The number of aromatic nitrogens is 2. The predicted molar refractivity (Wildman–Crippen MR) is 76.1 cm³/mol. The van der Waals surface area contributed by atoms with Crippen LogP contribution in [0.4, 0.5) is 13.2 Å². The van der Waals surface area contributed by atoms with Gasteiger partial charge in [0.05, 0.1) is 5.56 Å². The summed E-state index contributed by atoms with van der Waals surface area (Å²) in [6, 6.07) is 4.01. The third-order valence-electron chi connectivity index (χ3n) is 2.91. The van der Waals surface area contributed by atoms with E-state index in [1.807, 2.05) is 0 Å². The molecule has 0 saturated heterocycles. The second-order valence-electron chi connectivity index (χ2n) is 4.92. The fraction of sp³-hybridized carbons (Fsp3) is 0.357. The Labute approximate surface area is 125 Å². The zero-order valence-electron chi connectivity index (χ0n) is 11.7. The minimum absolute atomic E-state index is 0.197. The van der Waals surface area contributed by atoms with Crippen LogP contribution in [0.2, 0.25) is 0 Å². The number of nitrogens with zero attached hydrogens (tertiary/aromatic N) is 2. The first-order valence-electron chi connectivity index (χ1n) is 6.38. The van der Waals surface area contributed by atoms with E-state index >= 15 is 0 Å². The van der Waals surface area contributed by atoms with Gasteiger partial charge in [0.25, 0.3) is 0 Å². The Morgan fingerprint density at radius 3 is 2.62 bits per heavy atom. The van der Waals surface area contributed by atoms with Crippen LogP contribution < -0.4 is 5.73 Å². The van der Waals surface area contributed by atoms with Gasteiger partial charge in [-0.3, -0.25) is 0 Å². The molecule has 1 unspecified atom stereocenters. The molecular weight excluding hydrogens is 299 g/mol. The lowest BCUT2D eigenvalue weighted by molar-refractivity contribution is -0.138. The van der Waals surface area contributed by atoms with Crippen molar-refractivity contribution in [2.75, 3.05) is 0 Å². The van der Waals surface area contributed by atoms with Gasteiger partial charge in [-0.05, 0) is 31.0 Å². The average molecular weight is 315 g/mol. The van der Waals surface area contributed by atoms with Crippen molar-refractivity contribution in [2.24, 2.45) is 12.8 Å². The van der Waals surface area contributed by atoms with E-state index in [-0.39, 0.29) is 18.0 Å². The third kappa shape index (κ3) is 4.01. The number of aryl methyl sites for hydroxylation is 1. The van der Waals surface area contributed by atoms with E-state index in [0.717, 1.165) is 6.07 Å². The maximum atomic E-state index is 13.2. The molecule has 0 bridgehead atoms. The number of benzene rings is 1. The summed E-state index contributed by atoms with van der Waals surface area (Å²) in [5.41, 5.74) is 5.22. The summed E-state index contributed by atoms with van der Waals surface area (Å²) in [6.07, 6.45) is -0.834. The molecule has 2 rings (SSSR count). The zero-order chi connectivity index (χ0) is 15.6. The van der Waals surface area contributed by atoms with E-state index in [1.54, 1.807) is 37.0 Å². The zero-order valence-corrected chi connectivity index (χ0v) is 12.5. The van der Waals surface area contributed by atoms with Crippen molar-refractivity contribution >= 4 is 11.8 Å². The molecule has 7 heteroatoms. The average Bonchev–Trinajstić information content (AvgIpc) is 2.75. The Kier molecular flexibility index (Phi) is 4.63. The lowest BCUT2D eigenvalue weighted by atomic mass is 10.0. The summed E-state index contributed by atoms with van der Waals surface area (Å²) in [5.74, 6) is 0. The highest BCUT2D eigenvalue weighted by atomic mass is 32.2. The van der Waals surface area contributed by atoms with Crippen LogP contribution >= 0.6 is 11.8 Å². The first-order valence-corrected chi connectivity index (χ1v) is 7.20. The van der Waals surface area contributed by atoms with Crippen molar-refractivity contribution in [1.29, 1.82) is 0 Å². The monoisotopic (exact) mass is 315 g/mol. The highest BCUT2D eigenvalue weighted by Gasteiger charge is 2.33. The molecule has 2 N–H and O–H groups in total. The second-order valence-corrected chi connectivity index (χ2v) is 5.96. The van der Waals surface area contributed by atoms with Gasteiger partial charge in [0.15, 0.2) is 5.16 Å². The third-order valence-corrected chi connectivity index (χ3v) is 3.98. The molecule has 114 valence electrons. The summed E-state index contributed by atoms with van der Waals surface area (Å²) in [7, 11) is 1.80. The highest BCUT2D eigenvalue weighted by molar-refractivity contribution is 7.99. The van der Waals surface area contributed by atoms with Gasteiger partial charge in [-0.2, -0.15) is 13.2 Å². The molecule has 0 aliphatic rings. The van der Waals surface area contributed by atoms with E-state index in [1.165, 1.54) is 17.8 Å². The molecule has 1 aromatic heterocycles. The van der Waals surface area contributed by atoms with Crippen LogP contribution in [0.1, 0.15) is 18.1 Å². The molecule has 1 atom stereocenters. The molecule has 0 amide bonds. The van der Waals surface area contributed by atoms with Crippen LogP contribution in [0.3, 0.4) is 0 Å². The maximum Gasteiger partial charge on any atom is 0.416 e. The van der Waals surface area contributed by atoms with Gasteiger partial charge in [0.1, 0.15) is 0 Å². The Balaban J connectivity index is 2.35. The lowest BCUT2D eigenvalue weighted by Gasteiger charge is -2.15. The standard InChI is InChI=1S/C14H16F3N3S/c1-9(18)7-10-3-4-11(8-12(10)14(15,16)17)21-13-19-5-6-20(13)2/h3-6,8-9H,7,18H2,1-2H3. The van der Waals surface area contributed by atoms with Gasteiger partial charge in [-0.1, -0.05) is 17.8 Å². The summed E-state index contributed by atoms with van der Waals surface area (Å²) in [6.45, 7) is 1.69. The summed E-state index contributed by atoms with van der Waals surface area (Å²) < 4.78 is 41.3. The first kappa shape index (κ1) is 15.9. The molecule has 2 aromatic rings. The maximum absolute atomic E-state index is 13.2. The molecular formula is C14H16F3N3S.